The molecule has 0 amide bonds. The van der Waals surface area contributed by atoms with Crippen LogP contribution in [0.1, 0.15) is 15.9 Å². The van der Waals surface area contributed by atoms with E-state index in [1.54, 1.807) is 12.1 Å². The van der Waals surface area contributed by atoms with Crippen molar-refractivity contribution >= 4 is 5.97 Å². The van der Waals surface area contributed by atoms with Crippen molar-refractivity contribution < 1.29 is 14.6 Å². The molecular weight excluding hydrogens is 228 g/mol. The summed E-state index contributed by atoms with van der Waals surface area (Å²) in [5.74, 6) is -0.336. The third-order valence-electron chi connectivity index (χ3n) is 2.78. The fourth-order valence-electron chi connectivity index (χ4n) is 1.72. The molecule has 0 radical (unpaired) electrons. The number of hydrogen-bond acceptors (Lipinski definition) is 3. The molecule has 3 nitrogen and oxygen atoms in total. The molecule has 2 rings (SSSR count). The Bertz CT molecular complexity index is 527. The van der Waals surface area contributed by atoms with Gasteiger partial charge >= 0.3 is 5.97 Å². The summed E-state index contributed by atoms with van der Waals surface area (Å²) in [7, 11) is 1.36. The number of carbonyl (C=O) groups is 1. The molecule has 0 fully saturated rings. The molecule has 0 heterocycles. The van der Waals surface area contributed by atoms with Gasteiger partial charge in [0.1, 0.15) is 0 Å². The number of rotatable bonds is 3. The van der Waals surface area contributed by atoms with E-state index in [1.807, 2.05) is 36.4 Å². The van der Waals surface area contributed by atoms with E-state index < -0.39 is 0 Å². The SMILES string of the molecule is COC(=O)c1ccc(-c2ccc(CO)cc2)cc1. The van der Waals surface area contributed by atoms with Crippen LogP contribution in [0.4, 0.5) is 0 Å². The fraction of sp³-hybridized carbons (Fsp3) is 0.133. The molecule has 0 spiro atoms. The van der Waals surface area contributed by atoms with Gasteiger partial charge in [0.05, 0.1) is 19.3 Å². The van der Waals surface area contributed by atoms with Gasteiger partial charge in [-0.2, -0.15) is 0 Å². The van der Waals surface area contributed by atoms with E-state index in [0.29, 0.717) is 5.56 Å². The second-order valence-electron chi connectivity index (χ2n) is 3.92. The zero-order chi connectivity index (χ0) is 13.0. The van der Waals surface area contributed by atoms with E-state index in [9.17, 15) is 4.79 Å². The lowest BCUT2D eigenvalue weighted by Crippen LogP contribution is -2.00. The van der Waals surface area contributed by atoms with Crippen LogP contribution < -0.4 is 0 Å². The topological polar surface area (TPSA) is 46.5 Å². The fourth-order valence-corrected chi connectivity index (χ4v) is 1.72. The van der Waals surface area contributed by atoms with Gasteiger partial charge < -0.3 is 9.84 Å². The van der Waals surface area contributed by atoms with Gasteiger partial charge in [0, 0.05) is 0 Å². The minimum Gasteiger partial charge on any atom is -0.465 e. The third-order valence-corrected chi connectivity index (χ3v) is 2.78. The maximum absolute atomic E-state index is 11.3. The molecule has 0 bridgehead atoms. The van der Waals surface area contributed by atoms with Gasteiger partial charge in [0.25, 0.3) is 0 Å². The van der Waals surface area contributed by atoms with Crippen molar-refractivity contribution in [3.63, 3.8) is 0 Å². The van der Waals surface area contributed by atoms with Crippen LogP contribution in [0.25, 0.3) is 11.1 Å². The van der Waals surface area contributed by atoms with Gasteiger partial charge in [-0.05, 0) is 28.8 Å². The van der Waals surface area contributed by atoms with Crippen LogP contribution >= 0.6 is 0 Å². The van der Waals surface area contributed by atoms with Gasteiger partial charge in [0.15, 0.2) is 0 Å². The number of hydrogen-bond donors (Lipinski definition) is 1. The lowest BCUT2D eigenvalue weighted by atomic mass is 10.0. The molecule has 0 saturated heterocycles. The monoisotopic (exact) mass is 242 g/mol. The van der Waals surface area contributed by atoms with Crippen molar-refractivity contribution in [2.45, 2.75) is 6.61 Å². The number of aliphatic hydroxyl groups is 1. The molecule has 1 N–H and O–H groups in total. The first-order chi connectivity index (χ1) is 8.74. The molecule has 0 aliphatic carbocycles. The van der Waals surface area contributed by atoms with E-state index in [4.69, 9.17) is 5.11 Å². The number of carbonyl (C=O) groups excluding carboxylic acids is 1. The normalized spacial score (nSPS) is 10.1. The van der Waals surface area contributed by atoms with E-state index in [0.717, 1.165) is 16.7 Å². The van der Waals surface area contributed by atoms with Gasteiger partial charge in [-0.25, -0.2) is 4.79 Å². The second kappa shape index (κ2) is 5.47. The van der Waals surface area contributed by atoms with Crippen LogP contribution in [0.5, 0.6) is 0 Å². The molecule has 2 aromatic carbocycles. The Kier molecular flexibility index (Phi) is 3.75. The van der Waals surface area contributed by atoms with Crippen LogP contribution in [-0.2, 0) is 11.3 Å². The van der Waals surface area contributed by atoms with Crippen LogP contribution in [0.2, 0.25) is 0 Å². The minimum absolute atomic E-state index is 0.0432. The van der Waals surface area contributed by atoms with E-state index in [2.05, 4.69) is 4.74 Å². The Hall–Kier alpha value is -2.13. The van der Waals surface area contributed by atoms with Gasteiger partial charge in [-0.3, -0.25) is 0 Å². The predicted octanol–water partition coefficient (Wildman–Crippen LogP) is 2.63. The highest BCUT2D eigenvalue weighted by Crippen LogP contribution is 2.20. The molecule has 0 aliphatic rings. The minimum atomic E-state index is -0.336. The number of aliphatic hydroxyl groups excluding tert-OH is 1. The largest absolute Gasteiger partial charge is 0.465 e. The smallest absolute Gasteiger partial charge is 0.337 e. The van der Waals surface area contributed by atoms with Crippen LogP contribution in [0.15, 0.2) is 48.5 Å². The Morgan fingerprint density at radius 2 is 1.50 bits per heavy atom. The van der Waals surface area contributed by atoms with Crippen molar-refractivity contribution in [3.8, 4) is 11.1 Å². The Morgan fingerprint density at radius 3 is 1.94 bits per heavy atom. The first-order valence-corrected chi connectivity index (χ1v) is 5.63. The van der Waals surface area contributed by atoms with Crippen LogP contribution in [0, 0.1) is 0 Å². The Morgan fingerprint density at radius 1 is 1.00 bits per heavy atom. The average Bonchev–Trinajstić information content (AvgIpc) is 2.47. The van der Waals surface area contributed by atoms with Crippen molar-refractivity contribution in [1.82, 2.24) is 0 Å². The highest BCUT2D eigenvalue weighted by Gasteiger charge is 2.05. The summed E-state index contributed by atoms with van der Waals surface area (Å²) in [4.78, 5) is 11.3. The number of methoxy groups -OCH3 is 1. The van der Waals surface area contributed by atoms with Crippen molar-refractivity contribution in [2.75, 3.05) is 7.11 Å². The van der Waals surface area contributed by atoms with Gasteiger partial charge in [-0.1, -0.05) is 36.4 Å². The first-order valence-electron chi connectivity index (χ1n) is 5.63. The summed E-state index contributed by atoms with van der Waals surface area (Å²) < 4.78 is 4.65. The molecule has 0 aliphatic heterocycles. The summed E-state index contributed by atoms with van der Waals surface area (Å²) in [5.41, 5.74) is 3.48. The second-order valence-corrected chi connectivity index (χ2v) is 3.92. The highest BCUT2D eigenvalue weighted by molar-refractivity contribution is 5.89. The first kappa shape index (κ1) is 12.3. The van der Waals surface area contributed by atoms with Crippen molar-refractivity contribution in [3.05, 3.63) is 59.7 Å². The number of esters is 1. The standard InChI is InChI=1S/C15H14O3/c1-18-15(17)14-8-6-13(7-9-14)12-4-2-11(10-16)3-5-12/h2-9,16H,10H2,1H3. The van der Waals surface area contributed by atoms with Gasteiger partial charge in [0.2, 0.25) is 0 Å². The number of benzene rings is 2. The number of ether oxygens (including phenoxy) is 1. The summed E-state index contributed by atoms with van der Waals surface area (Å²) >= 11 is 0. The molecule has 2 aromatic rings. The average molecular weight is 242 g/mol. The lowest BCUT2D eigenvalue weighted by Gasteiger charge is -2.04. The van der Waals surface area contributed by atoms with E-state index >= 15 is 0 Å². The van der Waals surface area contributed by atoms with Crippen LogP contribution in [0.3, 0.4) is 0 Å². The maximum atomic E-state index is 11.3. The van der Waals surface area contributed by atoms with Crippen molar-refractivity contribution in [1.29, 1.82) is 0 Å². The third kappa shape index (κ3) is 2.57. The van der Waals surface area contributed by atoms with E-state index in [1.165, 1.54) is 7.11 Å². The molecule has 0 atom stereocenters. The zero-order valence-electron chi connectivity index (χ0n) is 10.1. The zero-order valence-corrected chi connectivity index (χ0v) is 10.1. The summed E-state index contributed by atoms with van der Waals surface area (Å²) in [6, 6.07) is 14.9. The summed E-state index contributed by atoms with van der Waals surface area (Å²) in [5, 5.41) is 8.97. The lowest BCUT2D eigenvalue weighted by molar-refractivity contribution is 0.0601. The maximum Gasteiger partial charge on any atom is 0.337 e. The Balaban J connectivity index is 2.25. The predicted molar refractivity (Wildman–Crippen MR) is 69.1 cm³/mol. The Labute approximate surface area is 106 Å². The van der Waals surface area contributed by atoms with Crippen LogP contribution in [-0.4, -0.2) is 18.2 Å². The molecule has 92 valence electrons. The molecule has 3 heteroatoms. The molecule has 18 heavy (non-hydrogen) atoms. The van der Waals surface area contributed by atoms with Gasteiger partial charge in [-0.15, -0.1) is 0 Å². The molecule has 0 unspecified atom stereocenters. The van der Waals surface area contributed by atoms with Crippen molar-refractivity contribution in [2.24, 2.45) is 0 Å². The summed E-state index contributed by atoms with van der Waals surface area (Å²) in [6.45, 7) is 0.0432. The quantitative estimate of drug-likeness (QED) is 0.841. The summed E-state index contributed by atoms with van der Waals surface area (Å²) in [6.07, 6.45) is 0. The molecule has 0 saturated carbocycles. The highest BCUT2D eigenvalue weighted by atomic mass is 16.5. The van der Waals surface area contributed by atoms with E-state index in [-0.39, 0.29) is 12.6 Å². The molecule has 0 aromatic heterocycles. The molecular formula is C15H14O3.